The fourth-order valence-electron chi connectivity index (χ4n) is 2.82. The number of benzene rings is 1. The predicted octanol–water partition coefficient (Wildman–Crippen LogP) is 3.54. The van der Waals surface area contributed by atoms with Crippen molar-refractivity contribution in [2.45, 2.75) is 46.5 Å². The van der Waals surface area contributed by atoms with Gasteiger partial charge in [0.15, 0.2) is 0 Å². The molecule has 1 heterocycles. The Labute approximate surface area is 106 Å². The van der Waals surface area contributed by atoms with Crippen molar-refractivity contribution in [1.82, 2.24) is 5.32 Å². The number of aryl methyl sites for hydroxylation is 4. The summed E-state index contributed by atoms with van der Waals surface area (Å²) in [5, 5.41) is 3.51. The fourth-order valence-corrected chi connectivity index (χ4v) is 2.82. The summed E-state index contributed by atoms with van der Waals surface area (Å²) in [5.74, 6) is 0.893. The second kappa shape index (κ2) is 5.68. The van der Waals surface area contributed by atoms with E-state index >= 15 is 0 Å². The normalized spacial score (nSPS) is 20.5. The summed E-state index contributed by atoms with van der Waals surface area (Å²) in [5.41, 5.74) is 5.88. The number of rotatable bonds is 3. The molecule has 1 aromatic rings. The van der Waals surface area contributed by atoms with Crippen molar-refractivity contribution in [2.75, 3.05) is 13.1 Å². The molecule has 1 nitrogen and oxygen atoms in total. The van der Waals surface area contributed by atoms with Gasteiger partial charge in [-0.15, -0.1) is 0 Å². The lowest BCUT2D eigenvalue weighted by molar-refractivity contribution is 0.358. The molecule has 0 saturated carbocycles. The number of hydrogen-bond acceptors (Lipinski definition) is 1. The lowest BCUT2D eigenvalue weighted by atomic mass is 9.90. The molecule has 1 atom stereocenters. The highest BCUT2D eigenvalue weighted by molar-refractivity contribution is 5.36. The molecule has 1 saturated heterocycles. The molecule has 0 radical (unpaired) electrons. The summed E-state index contributed by atoms with van der Waals surface area (Å²) in [6.07, 6.45) is 5.36. The SMILES string of the molecule is Cc1cc(C)c(CCC2CCCNC2)cc1C. The van der Waals surface area contributed by atoms with Gasteiger partial charge < -0.3 is 5.32 Å². The van der Waals surface area contributed by atoms with Crippen LogP contribution < -0.4 is 5.32 Å². The molecular weight excluding hydrogens is 206 g/mol. The van der Waals surface area contributed by atoms with E-state index in [1.807, 2.05) is 0 Å². The maximum atomic E-state index is 3.51. The number of nitrogens with one attached hydrogen (secondary N) is 1. The molecule has 1 fully saturated rings. The Balaban J connectivity index is 1.96. The van der Waals surface area contributed by atoms with Crippen LogP contribution in [0.4, 0.5) is 0 Å². The molecule has 0 bridgehead atoms. The van der Waals surface area contributed by atoms with Crippen molar-refractivity contribution in [1.29, 1.82) is 0 Å². The van der Waals surface area contributed by atoms with Crippen LogP contribution in [0.5, 0.6) is 0 Å². The minimum Gasteiger partial charge on any atom is -0.316 e. The third kappa shape index (κ3) is 3.32. The Morgan fingerprint density at radius 2 is 1.88 bits per heavy atom. The minimum absolute atomic E-state index is 0.893. The zero-order valence-corrected chi connectivity index (χ0v) is 11.5. The number of piperidine rings is 1. The summed E-state index contributed by atoms with van der Waals surface area (Å²) in [7, 11) is 0. The van der Waals surface area contributed by atoms with Crippen molar-refractivity contribution in [3.05, 3.63) is 34.4 Å². The van der Waals surface area contributed by atoms with Gasteiger partial charge in [-0.25, -0.2) is 0 Å². The van der Waals surface area contributed by atoms with Crippen molar-refractivity contribution >= 4 is 0 Å². The highest BCUT2D eigenvalue weighted by atomic mass is 14.9. The maximum absolute atomic E-state index is 3.51. The molecule has 0 amide bonds. The van der Waals surface area contributed by atoms with E-state index in [1.165, 1.54) is 55.5 Å². The lowest BCUT2D eigenvalue weighted by Gasteiger charge is -2.23. The van der Waals surface area contributed by atoms with Crippen LogP contribution in [0.15, 0.2) is 12.1 Å². The van der Waals surface area contributed by atoms with E-state index in [9.17, 15) is 0 Å². The third-order valence-electron chi connectivity index (χ3n) is 4.17. The third-order valence-corrected chi connectivity index (χ3v) is 4.17. The van der Waals surface area contributed by atoms with Crippen molar-refractivity contribution in [2.24, 2.45) is 5.92 Å². The first-order chi connectivity index (χ1) is 8.16. The molecule has 1 aliphatic heterocycles. The fraction of sp³-hybridized carbons (Fsp3) is 0.625. The van der Waals surface area contributed by atoms with Gasteiger partial charge in [-0.05, 0) is 87.7 Å². The van der Waals surface area contributed by atoms with Gasteiger partial charge >= 0.3 is 0 Å². The Morgan fingerprint density at radius 1 is 1.12 bits per heavy atom. The second-order valence-corrected chi connectivity index (χ2v) is 5.61. The van der Waals surface area contributed by atoms with Gasteiger partial charge in [0, 0.05) is 0 Å². The summed E-state index contributed by atoms with van der Waals surface area (Å²) in [4.78, 5) is 0. The standard InChI is InChI=1S/C16H25N/c1-12-9-14(3)16(10-13(12)2)7-6-15-5-4-8-17-11-15/h9-10,15,17H,4-8,11H2,1-3H3. The average Bonchev–Trinajstić information content (AvgIpc) is 2.33. The monoisotopic (exact) mass is 231 g/mol. The molecule has 1 heteroatoms. The highest BCUT2D eigenvalue weighted by Crippen LogP contribution is 2.21. The van der Waals surface area contributed by atoms with Crippen LogP contribution in [0.1, 0.15) is 41.5 Å². The van der Waals surface area contributed by atoms with E-state index in [2.05, 4.69) is 38.2 Å². The van der Waals surface area contributed by atoms with Gasteiger partial charge in [-0.2, -0.15) is 0 Å². The predicted molar refractivity (Wildman–Crippen MR) is 74.6 cm³/mol. The van der Waals surface area contributed by atoms with Crippen LogP contribution in [-0.4, -0.2) is 13.1 Å². The van der Waals surface area contributed by atoms with Gasteiger partial charge in [0.25, 0.3) is 0 Å². The molecule has 1 N–H and O–H groups in total. The van der Waals surface area contributed by atoms with E-state index in [1.54, 1.807) is 5.56 Å². The quantitative estimate of drug-likeness (QED) is 0.839. The molecule has 17 heavy (non-hydrogen) atoms. The molecule has 2 rings (SSSR count). The van der Waals surface area contributed by atoms with E-state index < -0.39 is 0 Å². The molecule has 0 aliphatic carbocycles. The summed E-state index contributed by atoms with van der Waals surface area (Å²) >= 11 is 0. The zero-order valence-electron chi connectivity index (χ0n) is 11.5. The highest BCUT2D eigenvalue weighted by Gasteiger charge is 2.13. The van der Waals surface area contributed by atoms with Gasteiger partial charge in [-0.3, -0.25) is 0 Å². The zero-order chi connectivity index (χ0) is 12.3. The van der Waals surface area contributed by atoms with E-state index in [0.29, 0.717) is 0 Å². The summed E-state index contributed by atoms with van der Waals surface area (Å²) in [6, 6.07) is 4.73. The van der Waals surface area contributed by atoms with Crippen LogP contribution in [0.3, 0.4) is 0 Å². The molecule has 94 valence electrons. The Bertz CT molecular complexity index is 375. The number of hydrogen-bond donors (Lipinski definition) is 1. The van der Waals surface area contributed by atoms with E-state index in [4.69, 9.17) is 0 Å². The molecule has 1 aromatic carbocycles. The average molecular weight is 231 g/mol. The molecule has 0 aromatic heterocycles. The molecule has 1 aliphatic rings. The lowest BCUT2D eigenvalue weighted by Crippen LogP contribution is -2.29. The molecule has 1 unspecified atom stereocenters. The maximum Gasteiger partial charge on any atom is -0.00204 e. The summed E-state index contributed by atoms with van der Waals surface area (Å²) in [6.45, 7) is 9.13. The van der Waals surface area contributed by atoms with Gasteiger partial charge in [0.1, 0.15) is 0 Å². The Kier molecular flexibility index (Phi) is 4.22. The van der Waals surface area contributed by atoms with E-state index in [0.717, 1.165) is 5.92 Å². The minimum atomic E-state index is 0.893. The first-order valence-electron chi connectivity index (χ1n) is 6.94. The van der Waals surface area contributed by atoms with Crippen LogP contribution >= 0.6 is 0 Å². The molecular formula is C16H25N. The second-order valence-electron chi connectivity index (χ2n) is 5.61. The smallest absolute Gasteiger partial charge is 0.00204 e. The topological polar surface area (TPSA) is 12.0 Å². The Morgan fingerprint density at radius 3 is 2.59 bits per heavy atom. The first kappa shape index (κ1) is 12.6. The first-order valence-corrected chi connectivity index (χ1v) is 6.94. The van der Waals surface area contributed by atoms with Crippen LogP contribution in [-0.2, 0) is 6.42 Å². The van der Waals surface area contributed by atoms with Gasteiger partial charge in [0.2, 0.25) is 0 Å². The van der Waals surface area contributed by atoms with Crippen LogP contribution in [0.2, 0.25) is 0 Å². The van der Waals surface area contributed by atoms with Gasteiger partial charge in [-0.1, -0.05) is 12.1 Å². The van der Waals surface area contributed by atoms with Gasteiger partial charge in [0.05, 0.1) is 0 Å². The van der Waals surface area contributed by atoms with Crippen LogP contribution in [0.25, 0.3) is 0 Å². The Hall–Kier alpha value is -0.820. The van der Waals surface area contributed by atoms with E-state index in [-0.39, 0.29) is 0 Å². The summed E-state index contributed by atoms with van der Waals surface area (Å²) < 4.78 is 0. The van der Waals surface area contributed by atoms with Crippen molar-refractivity contribution < 1.29 is 0 Å². The molecule has 0 spiro atoms. The van der Waals surface area contributed by atoms with Crippen LogP contribution in [0, 0.1) is 26.7 Å². The van der Waals surface area contributed by atoms with Crippen molar-refractivity contribution in [3.63, 3.8) is 0 Å². The largest absolute Gasteiger partial charge is 0.316 e. The van der Waals surface area contributed by atoms with Crippen molar-refractivity contribution in [3.8, 4) is 0 Å².